The Morgan fingerprint density at radius 3 is 2.48 bits per heavy atom. The van der Waals surface area contributed by atoms with Crippen LogP contribution in [0.1, 0.15) is 23.2 Å². The van der Waals surface area contributed by atoms with Crippen LogP contribution in [0.5, 0.6) is 0 Å². The normalized spacial score (nSPS) is 14.1. The summed E-state index contributed by atoms with van der Waals surface area (Å²) >= 11 is 6.43. The molecule has 11 heteroatoms. The molecule has 1 fully saturated rings. The Balaban J connectivity index is 1.50. The van der Waals surface area contributed by atoms with E-state index in [4.69, 9.17) is 16.3 Å². The number of carbonyl (C=O) groups excluding carboxylic acids is 2. The van der Waals surface area contributed by atoms with Gasteiger partial charge in [0, 0.05) is 31.4 Å². The Kier molecular flexibility index (Phi) is 6.64. The fourth-order valence-corrected chi connectivity index (χ4v) is 3.96. The second-order valence-corrected chi connectivity index (χ2v) is 7.77. The zero-order valence-corrected chi connectivity index (χ0v) is 18.5. The topological polar surface area (TPSA) is 119 Å². The molecule has 1 N–H and O–H groups in total. The van der Waals surface area contributed by atoms with E-state index in [1.54, 1.807) is 42.7 Å². The summed E-state index contributed by atoms with van der Waals surface area (Å²) in [5.41, 5.74) is 0.416. The average molecular weight is 469 g/mol. The molecule has 1 saturated heterocycles. The molecular formula is C22H21ClN6O4. The minimum Gasteiger partial charge on any atom is -0.465 e. The van der Waals surface area contributed by atoms with Crippen LogP contribution >= 0.6 is 11.6 Å². The molecule has 170 valence electrons. The number of hydrogen-bond donors (Lipinski definition) is 1. The van der Waals surface area contributed by atoms with Crippen molar-refractivity contribution in [1.29, 1.82) is 0 Å². The predicted molar refractivity (Wildman–Crippen MR) is 122 cm³/mol. The Bertz CT molecular complexity index is 1230. The molecule has 2 aromatic heterocycles. The molecule has 1 aromatic carbocycles. The lowest BCUT2D eigenvalue weighted by atomic mass is 9.95. The smallest absolute Gasteiger partial charge is 0.340 e. The van der Waals surface area contributed by atoms with Crippen LogP contribution in [-0.4, -0.2) is 51.8 Å². The molecule has 3 aromatic rings. The number of benzene rings is 1. The number of nitrogens with zero attached hydrogens (tertiary/aromatic N) is 5. The summed E-state index contributed by atoms with van der Waals surface area (Å²) in [6.07, 6.45) is 5.76. The molecule has 0 radical (unpaired) electrons. The summed E-state index contributed by atoms with van der Waals surface area (Å²) in [6.45, 7) is 1.05. The number of amides is 1. The largest absolute Gasteiger partial charge is 0.465 e. The van der Waals surface area contributed by atoms with Crippen molar-refractivity contribution in [2.45, 2.75) is 12.8 Å². The van der Waals surface area contributed by atoms with Crippen LogP contribution in [-0.2, 0) is 9.53 Å². The number of aromatic nitrogens is 4. The van der Waals surface area contributed by atoms with Crippen molar-refractivity contribution in [3.05, 3.63) is 69.9 Å². The summed E-state index contributed by atoms with van der Waals surface area (Å²) in [5.74, 6) is -0.655. The maximum atomic E-state index is 13.0. The molecule has 1 aliphatic heterocycles. The van der Waals surface area contributed by atoms with E-state index < -0.39 is 11.5 Å². The maximum Gasteiger partial charge on any atom is 0.340 e. The highest BCUT2D eigenvalue weighted by Crippen LogP contribution is 2.28. The van der Waals surface area contributed by atoms with Crippen LogP contribution in [0.3, 0.4) is 0 Å². The first-order valence-corrected chi connectivity index (χ1v) is 10.7. The number of esters is 1. The highest BCUT2D eigenvalue weighted by molar-refractivity contribution is 6.33. The fourth-order valence-electron chi connectivity index (χ4n) is 3.72. The van der Waals surface area contributed by atoms with Crippen LogP contribution in [0.4, 0.5) is 11.6 Å². The lowest BCUT2D eigenvalue weighted by Gasteiger charge is -2.33. The summed E-state index contributed by atoms with van der Waals surface area (Å²) in [5, 5.41) is 6.96. The molecule has 0 unspecified atom stereocenters. The van der Waals surface area contributed by atoms with E-state index in [0.717, 1.165) is 4.68 Å². The van der Waals surface area contributed by atoms with Gasteiger partial charge in [-0.3, -0.25) is 14.9 Å². The van der Waals surface area contributed by atoms with E-state index in [0.29, 0.717) is 31.6 Å². The minimum atomic E-state index is -0.583. The van der Waals surface area contributed by atoms with E-state index in [-0.39, 0.29) is 34.0 Å². The van der Waals surface area contributed by atoms with Gasteiger partial charge in [0.15, 0.2) is 0 Å². The summed E-state index contributed by atoms with van der Waals surface area (Å²) in [4.78, 5) is 47.5. The standard InChI is InChI=1S/C22H21ClN6O4/c1-33-21(32)15-5-2-3-6-16(15)29-20(31)18(23)17(13-26-29)28-11-7-14(8-12-28)19(30)27-22-24-9-4-10-25-22/h2-6,9-10,13-14H,7-8,11-12H2,1H3,(H,24,25,27,30). The van der Waals surface area contributed by atoms with E-state index in [1.807, 2.05) is 4.90 Å². The van der Waals surface area contributed by atoms with Crippen molar-refractivity contribution >= 4 is 35.1 Å². The second-order valence-electron chi connectivity index (χ2n) is 7.39. The van der Waals surface area contributed by atoms with Crippen LogP contribution in [0.25, 0.3) is 5.69 Å². The first-order chi connectivity index (χ1) is 16.0. The number of ether oxygens (including phenoxy) is 1. The summed E-state index contributed by atoms with van der Waals surface area (Å²) in [7, 11) is 1.27. The summed E-state index contributed by atoms with van der Waals surface area (Å²) < 4.78 is 5.87. The molecule has 4 rings (SSSR count). The minimum absolute atomic E-state index is 0.00902. The van der Waals surface area contributed by atoms with E-state index >= 15 is 0 Å². The Morgan fingerprint density at radius 2 is 1.79 bits per heavy atom. The van der Waals surface area contributed by atoms with Crippen LogP contribution in [0.2, 0.25) is 5.02 Å². The first kappa shape index (κ1) is 22.4. The number of piperidine rings is 1. The van der Waals surface area contributed by atoms with Gasteiger partial charge in [-0.2, -0.15) is 9.78 Å². The highest BCUT2D eigenvalue weighted by Gasteiger charge is 2.28. The quantitative estimate of drug-likeness (QED) is 0.566. The molecule has 0 atom stereocenters. The predicted octanol–water partition coefficient (Wildman–Crippen LogP) is 2.32. The van der Waals surface area contributed by atoms with Gasteiger partial charge in [-0.05, 0) is 31.0 Å². The zero-order valence-electron chi connectivity index (χ0n) is 17.8. The van der Waals surface area contributed by atoms with Gasteiger partial charge in [0.25, 0.3) is 5.56 Å². The Hall–Kier alpha value is -3.79. The van der Waals surface area contributed by atoms with Gasteiger partial charge < -0.3 is 9.64 Å². The molecule has 0 aliphatic carbocycles. The average Bonchev–Trinajstić information content (AvgIpc) is 2.86. The lowest BCUT2D eigenvalue weighted by Crippen LogP contribution is -2.39. The van der Waals surface area contributed by atoms with Gasteiger partial charge in [-0.15, -0.1) is 0 Å². The number of methoxy groups -OCH3 is 1. The molecular weight excluding hydrogens is 448 g/mol. The van der Waals surface area contributed by atoms with Crippen LogP contribution in [0, 0.1) is 5.92 Å². The number of halogens is 1. The zero-order chi connectivity index (χ0) is 23.4. The van der Waals surface area contributed by atoms with E-state index in [1.165, 1.54) is 13.3 Å². The van der Waals surface area contributed by atoms with Crippen molar-refractivity contribution < 1.29 is 14.3 Å². The van der Waals surface area contributed by atoms with Crippen molar-refractivity contribution in [2.24, 2.45) is 5.92 Å². The van der Waals surface area contributed by atoms with Gasteiger partial charge in [0.2, 0.25) is 11.9 Å². The summed E-state index contributed by atoms with van der Waals surface area (Å²) in [6, 6.07) is 8.17. The molecule has 0 spiro atoms. The number of para-hydroxylation sites is 1. The Morgan fingerprint density at radius 1 is 1.09 bits per heavy atom. The SMILES string of the molecule is COC(=O)c1ccccc1-n1ncc(N2CCC(C(=O)Nc3ncccn3)CC2)c(Cl)c1=O. The van der Waals surface area contributed by atoms with Gasteiger partial charge in [0.05, 0.1) is 30.2 Å². The number of rotatable bonds is 5. The van der Waals surface area contributed by atoms with E-state index in [2.05, 4.69) is 20.4 Å². The van der Waals surface area contributed by atoms with Crippen LogP contribution in [0.15, 0.2) is 53.7 Å². The third-order valence-electron chi connectivity index (χ3n) is 5.45. The van der Waals surface area contributed by atoms with Gasteiger partial charge in [-0.25, -0.2) is 14.8 Å². The van der Waals surface area contributed by atoms with Gasteiger partial charge in [-0.1, -0.05) is 23.7 Å². The number of carbonyl (C=O) groups is 2. The van der Waals surface area contributed by atoms with Gasteiger partial charge >= 0.3 is 5.97 Å². The molecule has 1 amide bonds. The molecule has 0 bridgehead atoms. The first-order valence-electron chi connectivity index (χ1n) is 10.3. The number of anilines is 2. The second kappa shape index (κ2) is 9.78. The van der Waals surface area contributed by atoms with Crippen LogP contribution < -0.4 is 15.8 Å². The molecule has 33 heavy (non-hydrogen) atoms. The van der Waals surface area contributed by atoms with Crippen molar-refractivity contribution in [2.75, 3.05) is 30.4 Å². The monoisotopic (exact) mass is 468 g/mol. The third kappa shape index (κ3) is 4.70. The van der Waals surface area contributed by atoms with Crippen molar-refractivity contribution in [3.8, 4) is 5.69 Å². The van der Waals surface area contributed by atoms with E-state index in [9.17, 15) is 14.4 Å². The number of hydrogen-bond acceptors (Lipinski definition) is 8. The molecule has 1 aliphatic rings. The highest BCUT2D eigenvalue weighted by atomic mass is 35.5. The fraction of sp³-hybridized carbons (Fsp3) is 0.273. The molecule has 3 heterocycles. The molecule has 0 saturated carbocycles. The molecule has 10 nitrogen and oxygen atoms in total. The third-order valence-corrected chi connectivity index (χ3v) is 5.80. The van der Waals surface area contributed by atoms with Crippen molar-refractivity contribution in [3.63, 3.8) is 0 Å². The number of nitrogens with one attached hydrogen (secondary N) is 1. The lowest BCUT2D eigenvalue weighted by molar-refractivity contribution is -0.120. The Labute approximate surface area is 194 Å². The maximum absolute atomic E-state index is 13.0. The van der Waals surface area contributed by atoms with Gasteiger partial charge in [0.1, 0.15) is 5.02 Å². The van der Waals surface area contributed by atoms with Crippen molar-refractivity contribution in [1.82, 2.24) is 19.7 Å².